The molecule has 0 aliphatic rings. The van der Waals surface area contributed by atoms with Crippen LogP contribution in [-0.2, 0) is 6.18 Å². The highest BCUT2D eigenvalue weighted by atomic mass is 32.2. The number of non-ortho nitro benzene ring substituents is 1. The van der Waals surface area contributed by atoms with Gasteiger partial charge in [0.25, 0.3) is 5.69 Å². The molecule has 1 aromatic carbocycles. The first-order valence-electron chi connectivity index (χ1n) is 5.71. The lowest BCUT2D eigenvalue weighted by atomic mass is 10.1. The topological polar surface area (TPSA) is 55.2 Å². The Kier molecular flexibility index (Phi) is 4.90. The second kappa shape index (κ2) is 5.90. The first kappa shape index (κ1) is 16.6. The van der Waals surface area contributed by atoms with Crippen LogP contribution in [0.2, 0.25) is 0 Å². The number of nitrogens with one attached hydrogen (secondary N) is 1. The zero-order valence-corrected chi connectivity index (χ0v) is 12.1. The number of halogens is 3. The third kappa shape index (κ3) is 4.29. The van der Waals surface area contributed by atoms with Crippen LogP contribution in [0.25, 0.3) is 0 Å². The van der Waals surface area contributed by atoms with E-state index in [1.54, 1.807) is 0 Å². The fourth-order valence-corrected chi connectivity index (χ4v) is 1.63. The van der Waals surface area contributed by atoms with Crippen molar-refractivity contribution in [1.82, 2.24) is 0 Å². The maximum Gasteiger partial charge on any atom is 0.418 e. The van der Waals surface area contributed by atoms with E-state index in [-0.39, 0.29) is 10.4 Å². The highest BCUT2D eigenvalue weighted by Gasteiger charge is 2.35. The van der Waals surface area contributed by atoms with E-state index in [1.807, 2.05) is 20.1 Å². The van der Waals surface area contributed by atoms with E-state index >= 15 is 0 Å². The zero-order chi connectivity index (χ0) is 15.6. The lowest BCUT2D eigenvalue weighted by molar-refractivity contribution is -0.385. The average molecular weight is 308 g/mol. The van der Waals surface area contributed by atoms with E-state index in [1.165, 1.54) is 11.8 Å². The molecule has 1 aromatic rings. The minimum atomic E-state index is -4.64. The molecule has 0 atom stereocenters. The predicted octanol–water partition coefficient (Wildman–Crippen LogP) is 4.17. The van der Waals surface area contributed by atoms with Crippen LogP contribution in [0.3, 0.4) is 0 Å². The number of rotatable bonds is 5. The van der Waals surface area contributed by atoms with Gasteiger partial charge in [-0.1, -0.05) is 0 Å². The molecule has 20 heavy (non-hydrogen) atoms. The summed E-state index contributed by atoms with van der Waals surface area (Å²) in [5.41, 5.74) is -1.75. The standard InChI is InChI=1S/C12H15F3N2O2S/c1-11(2,20-3)7-16-10-5-4-8(17(18)19)6-9(10)12(13,14)15/h4-6,16H,7H2,1-3H3. The minimum Gasteiger partial charge on any atom is -0.383 e. The predicted molar refractivity (Wildman–Crippen MR) is 74.2 cm³/mol. The second-order valence-corrected chi connectivity index (χ2v) is 6.32. The van der Waals surface area contributed by atoms with Crippen LogP contribution in [0.15, 0.2) is 18.2 Å². The molecule has 112 valence electrons. The molecule has 0 aliphatic carbocycles. The molecule has 0 unspecified atom stereocenters. The molecule has 0 heterocycles. The first-order chi connectivity index (χ1) is 9.07. The Morgan fingerprint density at radius 1 is 1.35 bits per heavy atom. The highest BCUT2D eigenvalue weighted by molar-refractivity contribution is 7.99. The Morgan fingerprint density at radius 2 is 1.95 bits per heavy atom. The maximum absolute atomic E-state index is 12.9. The molecule has 1 rings (SSSR count). The molecule has 0 radical (unpaired) electrons. The molecule has 0 fully saturated rings. The Balaban J connectivity index is 3.10. The Morgan fingerprint density at radius 3 is 2.40 bits per heavy atom. The number of anilines is 1. The molecule has 1 N–H and O–H groups in total. The number of benzene rings is 1. The number of alkyl halides is 3. The van der Waals surface area contributed by atoms with Gasteiger partial charge < -0.3 is 5.32 Å². The summed E-state index contributed by atoms with van der Waals surface area (Å²) in [5, 5.41) is 13.3. The summed E-state index contributed by atoms with van der Waals surface area (Å²) >= 11 is 1.52. The molecule has 0 aliphatic heterocycles. The van der Waals surface area contributed by atoms with Gasteiger partial charge in [-0.15, -0.1) is 0 Å². The summed E-state index contributed by atoms with van der Waals surface area (Å²) in [7, 11) is 0. The third-order valence-electron chi connectivity index (χ3n) is 2.78. The molecule has 0 spiro atoms. The van der Waals surface area contributed by atoms with Crippen molar-refractivity contribution in [3.05, 3.63) is 33.9 Å². The number of thioether (sulfide) groups is 1. The quantitative estimate of drug-likeness (QED) is 0.655. The Labute approximate surface area is 118 Å². The normalized spacial score (nSPS) is 12.3. The summed E-state index contributed by atoms with van der Waals surface area (Å²) in [6.07, 6.45) is -2.78. The lowest BCUT2D eigenvalue weighted by Gasteiger charge is -2.24. The molecule has 0 bridgehead atoms. The smallest absolute Gasteiger partial charge is 0.383 e. The second-order valence-electron chi connectivity index (χ2n) is 4.80. The molecular formula is C12H15F3N2O2S. The minimum absolute atomic E-state index is 0.148. The molecule has 0 aromatic heterocycles. The Bertz CT molecular complexity index is 504. The molecular weight excluding hydrogens is 293 g/mol. The van der Waals surface area contributed by atoms with E-state index in [4.69, 9.17) is 0 Å². The largest absolute Gasteiger partial charge is 0.418 e. The van der Waals surface area contributed by atoms with Crippen molar-refractivity contribution in [3.63, 3.8) is 0 Å². The van der Waals surface area contributed by atoms with E-state index < -0.39 is 22.4 Å². The SMILES string of the molecule is CSC(C)(C)CNc1ccc([N+](=O)[O-])cc1C(F)(F)F. The van der Waals surface area contributed by atoms with Crippen LogP contribution >= 0.6 is 11.8 Å². The summed E-state index contributed by atoms with van der Waals surface area (Å²) in [6, 6.07) is 2.70. The highest BCUT2D eigenvalue weighted by Crippen LogP contribution is 2.37. The van der Waals surface area contributed by atoms with Gasteiger partial charge in [0.05, 0.1) is 10.5 Å². The number of nitrogens with zero attached hydrogens (tertiary/aromatic N) is 1. The first-order valence-corrected chi connectivity index (χ1v) is 6.94. The van der Waals surface area contributed by atoms with Gasteiger partial charge in [-0.25, -0.2) is 0 Å². The van der Waals surface area contributed by atoms with Crippen LogP contribution < -0.4 is 5.32 Å². The average Bonchev–Trinajstić information content (AvgIpc) is 2.35. The molecule has 0 saturated carbocycles. The lowest BCUT2D eigenvalue weighted by Crippen LogP contribution is -2.26. The van der Waals surface area contributed by atoms with Gasteiger partial charge >= 0.3 is 6.18 Å². The summed E-state index contributed by atoms with van der Waals surface area (Å²) < 4.78 is 38.5. The van der Waals surface area contributed by atoms with Crippen LogP contribution in [0, 0.1) is 10.1 Å². The van der Waals surface area contributed by atoms with Crippen molar-refractivity contribution in [2.24, 2.45) is 0 Å². The van der Waals surface area contributed by atoms with Crippen molar-refractivity contribution in [2.45, 2.75) is 24.8 Å². The molecule has 0 saturated heterocycles. The number of hydrogen-bond donors (Lipinski definition) is 1. The molecule has 8 heteroatoms. The van der Waals surface area contributed by atoms with Crippen molar-refractivity contribution in [2.75, 3.05) is 18.1 Å². The van der Waals surface area contributed by atoms with E-state index in [0.717, 1.165) is 12.1 Å². The number of nitro groups is 1. The summed E-state index contributed by atoms with van der Waals surface area (Å²) in [5.74, 6) is 0. The number of nitro benzene ring substituents is 1. The Hall–Kier alpha value is -1.44. The van der Waals surface area contributed by atoms with Gasteiger partial charge in [-0.2, -0.15) is 24.9 Å². The fraction of sp³-hybridized carbons (Fsp3) is 0.500. The third-order valence-corrected chi connectivity index (χ3v) is 4.03. The van der Waals surface area contributed by atoms with Crippen molar-refractivity contribution in [1.29, 1.82) is 0 Å². The zero-order valence-electron chi connectivity index (χ0n) is 11.2. The van der Waals surface area contributed by atoms with Gasteiger partial charge in [0.1, 0.15) is 0 Å². The summed E-state index contributed by atoms with van der Waals surface area (Å²) in [6.45, 7) is 4.10. The van der Waals surface area contributed by atoms with Gasteiger partial charge in [0.2, 0.25) is 0 Å². The maximum atomic E-state index is 12.9. The summed E-state index contributed by atoms with van der Waals surface area (Å²) in [4.78, 5) is 9.73. The fourth-order valence-electron chi connectivity index (χ4n) is 1.41. The van der Waals surface area contributed by atoms with Crippen molar-refractivity contribution in [3.8, 4) is 0 Å². The van der Waals surface area contributed by atoms with Gasteiger partial charge in [0.15, 0.2) is 0 Å². The van der Waals surface area contributed by atoms with Crippen LogP contribution in [0.4, 0.5) is 24.5 Å². The van der Waals surface area contributed by atoms with Gasteiger partial charge in [0, 0.05) is 29.1 Å². The molecule has 0 amide bonds. The van der Waals surface area contributed by atoms with Crippen LogP contribution in [0.1, 0.15) is 19.4 Å². The number of hydrogen-bond acceptors (Lipinski definition) is 4. The van der Waals surface area contributed by atoms with E-state index in [0.29, 0.717) is 12.6 Å². The monoisotopic (exact) mass is 308 g/mol. The van der Waals surface area contributed by atoms with Crippen LogP contribution in [-0.4, -0.2) is 22.5 Å². The van der Waals surface area contributed by atoms with Gasteiger partial charge in [-0.05, 0) is 26.2 Å². The molecule has 4 nitrogen and oxygen atoms in total. The van der Waals surface area contributed by atoms with E-state index in [9.17, 15) is 23.3 Å². The van der Waals surface area contributed by atoms with Gasteiger partial charge in [-0.3, -0.25) is 10.1 Å². The van der Waals surface area contributed by atoms with E-state index in [2.05, 4.69) is 5.32 Å². The van der Waals surface area contributed by atoms with Crippen LogP contribution in [0.5, 0.6) is 0 Å². The van der Waals surface area contributed by atoms with Crippen molar-refractivity contribution < 1.29 is 18.1 Å². The van der Waals surface area contributed by atoms with Crippen molar-refractivity contribution >= 4 is 23.1 Å².